The maximum atomic E-state index is 12.9. The number of hydrogen-bond donors (Lipinski definition) is 1. The number of nitrogens with one attached hydrogen (secondary N) is 1. The van der Waals surface area contributed by atoms with E-state index >= 15 is 0 Å². The molecule has 3 aromatic carbocycles. The summed E-state index contributed by atoms with van der Waals surface area (Å²) in [4.78, 5) is 15.2. The van der Waals surface area contributed by atoms with Crippen LogP contribution in [0, 0.1) is 11.3 Å². The highest BCUT2D eigenvalue weighted by molar-refractivity contribution is 6.30. The maximum Gasteiger partial charge on any atom is 0.251 e. The second kappa shape index (κ2) is 10.4. The maximum absolute atomic E-state index is 12.9. The molecular formula is C26H23Cl2N3O2. The molecule has 1 fully saturated rings. The third-order valence-corrected chi connectivity index (χ3v) is 6.43. The summed E-state index contributed by atoms with van der Waals surface area (Å²) in [7, 11) is 1.66. The molecule has 0 saturated carbocycles. The highest BCUT2D eigenvalue weighted by atomic mass is 35.5. The van der Waals surface area contributed by atoms with Gasteiger partial charge in [-0.2, -0.15) is 5.26 Å². The Labute approximate surface area is 203 Å². The van der Waals surface area contributed by atoms with Gasteiger partial charge in [0.05, 0.1) is 29.8 Å². The number of nitrogens with zero attached hydrogens (tertiary/aromatic N) is 2. The molecular weight excluding hydrogens is 457 g/mol. The van der Waals surface area contributed by atoms with Crippen LogP contribution in [0.5, 0.6) is 0 Å². The topological polar surface area (TPSA) is 65.4 Å². The Morgan fingerprint density at radius 1 is 0.970 bits per heavy atom. The third-order valence-electron chi connectivity index (χ3n) is 5.93. The number of hydrogen-bond acceptors (Lipinski definition) is 4. The summed E-state index contributed by atoms with van der Waals surface area (Å²) in [6, 6.07) is 24.0. The average molecular weight is 480 g/mol. The Balaban J connectivity index is 1.58. The van der Waals surface area contributed by atoms with Crippen molar-refractivity contribution in [1.82, 2.24) is 10.2 Å². The van der Waals surface area contributed by atoms with E-state index in [4.69, 9.17) is 33.2 Å². The molecule has 1 saturated heterocycles. The third kappa shape index (κ3) is 5.38. The summed E-state index contributed by atoms with van der Waals surface area (Å²) in [5.74, 6) is -0.192. The predicted octanol–water partition coefficient (Wildman–Crippen LogP) is 5.08. The number of carbonyl (C=O) groups excluding carboxylic acids is 1. The van der Waals surface area contributed by atoms with Gasteiger partial charge in [0.2, 0.25) is 0 Å². The number of nitriles is 1. The largest absolute Gasteiger partial charge is 0.378 e. The van der Waals surface area contributed by atoms with E-state index in [1.807, 2.05) is 48.5 Å². The van der Waals surface area contributed by atoms with Crippen LogP contribution in [0.3, 0.4) is 0 Å². The van der Waals surface area contributed by atoms with Crippen molar-refractivity contribution in [2.75, 3.05) is 20.2 Å². The molecule has 1 aliphatic rings. The van der Waals surface area contributed by atoms with Crippen LogP contribution >= 0.6 is 23.2 Å². The Morgan fingerprint density at radius 2 is 1.52 bits per heavy atom. The lowest BCUT2D eigenvalue weighted by Gasteiger charge is -2.29. The summed E-state index contributed by atoms with van der Waals surface area (Å²) in [5, 5.41) is 13.4. The molecule has 1 N–H and O–H groups in total. The van der Waals surface area contributed by atoms with Crippen molar-refractivity contribution in [2.24, 2.45) is 0 Å². The molecule has 1 aliphatic heterocycles. The van der Waals surface area contributed by atoms with E-state index in [1.54, 1.807) is 31.4 Å². The van der Waals surface area contributed by atoms with Gasteiger partial charge in [-0.05, 0) is 59.7 Å². The van der Waals surface area contributed by atoms with Gasteiger partial charge in [0.15, 0.2) is 0 Å². The zero-order valence-corrected chi connectivity index (χ0v) is 19.6. The molecule has 168 valence electrons. The van der Waals surface area contributed by atoms with Crippen molar-refractivity contribution in [1.29, 1.82) is 5.26 Å². The molecule has 0 bridgehead atoms. The summed E-state index contributed by atoms with van der Waals surface area (Å²) >= 11 is 12.3. The lowest BCUT2D eigenvalue weighted by molar-refractivity contribution is 0.0753. The van der Waals surface area contributed by atoms with Crippen molar-refractivity contribution < 1.29 is 9.53 Å². The van der Waals surface area contributed by atoms with E-state index < -0.39 is 0 Å². The number of ether oxygens (including phenoxy) is 1. The molecule has 0 aliphatic carbocycles. The van der Waals surface area contributed by atoms with E-state index in [1.165, 1.54) is 0 Å². The number of likely N-dealkylation sites (tertiary alicyclic amines) is 1. The first-order valence-electron chi connectivity index (χ1n) is 10.6. The van der Waals surface area contributed by atoms with Gasteiger partial charge in [-0.25, -0.2) is 0 Å². The van der Waals surface area contributed by atoms with Crippen molar-refractivity contribution in [3.05, 3.63) is 105 Å². The van der Waals surface area contributed by atoms with E-state index in [2.05, 4.69) is 16.3 Å². The minimum Gasteiger partial charge on any atom is -0.378 e. The highest BCUT2D eigenvalue weighted by Crippen LogP contribution is 2.33. The van der Waals surface area contributed by atoms with E-state index in [9.17, 15) is 4.79 Å². The second-order valence-electron chi connectivity index (χ2n) is 8.00. The second-order valence-corrected chi connectivity index (χ2v) is 8.88. The van der Waals surface area contributed by atoms with E-state index in [0.29, 0.717) is 34.3 Å². The number of benzene rings is 3. The molecule has 1 amide bonds. The number of rotatable bonds is 6. The Bertz CT molecular complexity index is 1100. The van der Waals surface area contributed by atoms with E-state index in [0.717, 1.165) is 11.1 Å². The SMILES string of the molecule is CO[C@H]1CN(C(c2ccc(Cl)cc2)c2ccc(Cl)cc2)C[C@@H]1NC(=O)c1ccc(C#N)cc1. The van der Waals surface area contributed by atoms with Crippen molar-refractivity contribution in [3.8, 4) is 6.07 Å². The van der Waals surface area contributed by atoms with Crippen molar-refractivity contribution in [3.63, 3.8) is 0 Å². The minimum atomic E-state index is -0.194. The first kappa shape index (κ1) is 23.3. The number of methoxy groups -OCH3 is 1. The molecule has 33 heavy (non-hydrogen) atoms. The van der Waals surface area contributed by atoms with Crippen LogP contribution < -0.4 is 5.32 Å². The normalized spacial score (nSPS) is 18.3. The summed E-state index contributed by atoms with van der Waals surface area (Å²) in [5.41, 5.74) is 3.21. The molecule has 0 spiro atoms. The fourth-order valence-electron chi connectivity index (χ4n) is 4.24. The fraction of sp³-hybridized carbons (Fsp3) is 0.231. The predicted molar refractivity (Wildman–Crippen MR) is 130 cm³/mol. The molecule has 5 nitrogen and oxygen atoms in total. The number of carbonyl (C=O) groups is 1. The lowest BCUT2D eigenvalue weighted by atomic mass is 9.97. The summed E-state index contributed by atoms with van der Waals surface area (Å²) in [6.45, 7) is 1.25. The van der Waals surface area contributed by atoms with Crippen molar-refractivity contribution >= 4 is 29.1 Å². The fourth-order valence-corrected chi connectivity index (χ4v) is 4.50. The first-order valence-corrected chi connectivity index (χ1v) is 11.3. The van der Waals surface area contributed by atoms with Crippen LogP contribution in [0.15, 0.2) is 72.8 Å². The van der Waals surface area contributed by atoms with Crippen LogP contribution in [-0.4, -0.2) is 43.2 Å². The average Bonchev–Trinajstić information content (AvgIpc) is 3.23. The Kier molecular flexibility index (Phi) is 7.32. The molecule has 3 aromatic rings. The molecule has 0 unspecified atom stereocenters. The zero-order chi connectivity index (χ0) is 23.4. The Morgan fingerprint density at radius 3 is 2.00 bits per heavy atom. The van der Waals surface area contributed by atoms with Crippen LogP contribution in [0.1, 0.15) is 33.1 Å². The molecule has 2 atom stereocenters. The van der Waals surface area contributed by atoms with Crippen LogP contribution in [0.2, 0.25) is 10.0 Å². The number of amides is 1. The van der Waals surface area contributed by atoms with Gasteiger partial charge in [0, 0.05) is 35.8 Å². The monoisotopic (exact) mass is 479 g/mol. The quantitative estimate of drug-likeness (QED) is 0.534. The van der Waals surface area contributed by atoms with Crippen LogP contribution in [-0.2, 0) is 4.74 Å². The van der Waals surface area contributed by atoms with Crippen LogP contribution in [0.25, 0.3) is 0 Å². The Hall–Kier alpha value is -2.88. The minimum absolute atomic E-state index is 0.0472. The van der Waals surface area contributed by atoms with Gasteiger partial charge < -0.3 is 10.1 Å². The summed E-state index contributed by atoms with van der Waals surface area (Å²) in [6.07, 6.45) is -0.172. The number of halogens is 2. The van der Waals surface area contributed by atoms with Gasteiger partial charge >= 0.3 is 0 Å². The molecule has 0 radical (unpaired) electrons. The van der Waals surface area contributed by atoms with Gasteiger partial charge in [-0.1, -0.05) is 47.5 Å². The van der Waals surface area contributed by atoms with Gasteiger partial charge in [-0.15, -0.1) is 0 Å². The molecule has 4 rings (SSSR count). The van der Waals surface area contributed by atoms with Crippen molar-refractivity contribution in [2.45, 2.75) is 18.2 Å². The standard InChI is InChI=1S/C26H23Cl2N3O2/c1-33-24-16-31(15-23(24)30-26(32)20-4-2-17(14-29)3-5-20)25(18-6-10-21(27)11-7-18)19-8-12-22(28)13-9-19/h2-13,23-25H,15-16H2,1H3,(H,30,32)/t23-,24-/m0/s1. The smallest absolute Gasteiger partial charge is 0.251 e. The molecule has 1 heterocycles. The lowest BCUT2D eigenvalue weighted by Crippen LogP contribution is -2.43. The van der Waals surface area contributed by atoms with Gasteiger partial charge in [0.25, 0.3) is 5.91 Å². The molecule has 0 aromatic heterocycles. The first-order chi connectivity index (χ1) is 16.0. The molecule has 7 heteroatoms. The van der Waals surface area contributed by atoms with Crippen LogP contribution in [0.4, 0.5) is 0 Å². The zero-order valence-electron chi connectivity index (χ0n) is 18.0. The van der Waals surface area contributed by atoms with E-state index in [-0.39, 0.29) is 24.1 Å². The van der Waals surface area contributed by atoms with Gasteiger partial charge in [0.1, 0.15) is 0 Å². The summed E-state index contributed by atoms with van der Waals surface area (Å²) < 4.78 is 5.75. The highest BCUT2D eigenvalue weighted by Gasteiger charge is 2.38. The van der Waals surface area contributed by atoms with Gasteiger partial charge in [-0.3, -0.25) is 9.69 Å².